The van der Waals surface area contributed by atoms with Gasteiger partial charge in [0.05, 0.1) is 11.6 Å². The third-order valence-electron chi connectivity index (χ3n) is 2.03. The Kier molecular flexibility index (Phi) is 3.09. The van der Waals surface area contributed by atoms with Crippen molar-refractivity contribution in [2.45, 2.75) is 31.9 Å². The molecule has 0 fully saturated rings. The van der Waals surface area contributed by atoms with Gasteiger partial charge in [-0.25, -0.2) is 0 Å². The summed E-state index contributed by atoms with van der Waals surface area (Å²) in [6.45, 7) is 2.70. The molecule has 1 aromatic rings. The van der Waals surface area contributed by atoms with Crippen molar-refractivity contribution in [3.63, 3.8) is 0 Å². The summed E-state index contributed by atoms with van der Waals surface area (Å²) < 4.78 is 37.8. The van der Waals surface area contributed by atoms with Crippen LogP contribution in [0.2, 0.25) is 0 Å². The lowest BCUT2D eigenvalue weighted by Crippen LogP contribution is -2.24. The first-order valence-electron chi connectivity index (χ1n) is 4.03. The fourth-order valence-corrected chi connectivity index (χ4v) is 1.26. The van der Waals surface area contributed by atoms with Gasteiger partial charge in [0.15, 0.2) is 0 Å². The molecule has 0 aliphatic carbocycles. The number of hydrogen-bond acceptors (Lipinski definition) is 1. The molecule has 2 nitrogen and oxygen atoms in total. The molecule has 0 aromatic carbocycles. The Morgan fingerprint density at radius 3 is 2.50 bits per heavy atom. The standard InChI is InChI=1S/C8H10ClF3N2/c1-5-7(3-9)4-14(13-5)6(2)8(10,11)12/h4,6H,3H2,1-2H3. The molecule has 0 spiro atoms. The van der Waals surface area contributed by atoms with Gasteiger partial charge in [0, 0.05) is 11.8 Å². The first kappa shape index (κ1) is 11.4. The Balaban J connectivity index is 2.97. The van der Waals surface area contributed by atoms with E-state index in [1.807, 2.05) is 0 Å². The Hall–Kier alpha value is -0.710. The summed E-state index contributed by atoms with van der Waals surface area (Å²) in [5, 5.41) is 3.76. The Labute approximate surface area is 84.7 Å². The lowest BCUT2D eigenvalue weighted by Gasteiger charge is -2.15. The second-order valence-corrected chi connectivity index (χ2v) is 3.34. The molecule has 0 saturated carbocycles. The van der Waals surface area contributed by atoms with E-state index >= 15 is 0 Å². The number of hydrogen-bond donors (Lipinski definition) is 0. The highest BCUT2D eigenvalue weighted by Gasteiger charge is 2.38. The van der Waals surface area contributed by atoms with Gasteiger partial charge in [-0.1, -0.05) is 0 Å². The zero-order valence-electron chi connectivity index (χ0n) is 7.77. The first-order chi connectivity index (χ1) is 6.36. The minimum Gasteiger partial charge on any atom is -0.260 e. The summed E-state index contributed by atoms with van der Waals surface area (Å²) in [5.74, 6) is 0.177. The summed E-state index contributed by atoms with van der Waals surface area (Å²) in [7, 11) is 0. The molecule has 1 atom stereocenters. The van der Waals surface area contributed by atoms with E-state index in [2.05, 4.69) is 5.10 Å². The molecule has 0 saturated heterocycles. The summed E-state index contributed by atoms with van der Waals surface area (Å²) in [6, 6.07) is -1.61. The highest BCUT2D eigenvalue weighted by molar-refractivity contribution is 6.17. The van der Waals surface area contributed by atoms with Crippen molar-refractivity contribution in [1.29, 1.82) is 0 Å². The van der Waals surface area contributed by atoms with Gasteiger partial charge in [0.25, 0.3) is 0 Å². The van der Waals surface area contributed by atoms with Crippen LogP contribution in [0.3, 0.4) is 0 Å². The topological polar surface area (TPSA) is 17.8 Å². The highest BCUT2D eigenvalue weighted by Crippen LogP contribution is 2.30. The average molecular weight is 227 g/mol. The quantitative estimate of drug-likeness (QED) is 0.709. The van der Waals surface area contributed by atoms with Crippen molar-refractivity contribution in [2.75, 3.05) is 0 Å². The molecule has 1 heterocycles. The van der Waals surface area contributed by atoms with Gasteiger partial charge < -0.3 is 0 Å². The van der Waals surface area contributed by atoms with E-state index < -0.39 is 12.2 Å². The maximum Gasteiger partial charge on any atom is 0.410 e. The number of aryl methyl sites for hydroxylation is 1. The van der Waals surface area contributed by atoms with Crippen LogP contribution >= 0.6 is 11.6 Å². The van der Waals surface area contributed by atoms with Gasteiger partial charge in [-0.2, -0.15) is 18.3 Å². The molecule has 6 heteroatoms. The summed E-state index contributed by atoms with van der Waals surface area (Å²) in [5.41, 5.74) is 1.17. The van der Waals surface area contributed by atoms with Gasteiger partial charge in [-0.05, 0) is 13.8 Å². The molecule has 0 N–H and O–H groups in total. The molecular weight excluding hydrogens is 217 g/mol. The highest BCUT2D eigenvalue weighted by atomic mass is 35.5. The van der Waals surface area contributed by atoms with Crippen LogP contribution in [0.5, 0.6) is 0 Å². The molecule has 0 aliphatic rings. The monoisotopic (exact) mass is 226 g/mol. The van der Waals surface area contributed by atoms with Gasteiger partial charge in [-0.3, -0.25) is 4.68 Å². The van der Waals surface area contributed by atoms with Crippen LogP contribution < -0.4 is 0 Å². The van der Waals surface area contributed by atoms with Crippen molar-refractivity contribution in [1.82, 2.24) is 9.78 Å². The van der Waals surface area contributed by atoms with Gasteiger partial charge >= 0.3 is 6.18 Å². The fraction of sp³-hybridized carbons (Fsp3) is 0.625. The van der Waals surface area contributed by atoms with E-state index in [0.29, 0.717) is 11.3 Å². The van der Waals surface area contributed by atoms with Crippen LogP contribution in [-0.2, 0) is 5.88 Å². The maximum atomic E-state index is 12.3. The largest absolute Gasteiger partial charge is 0.410 e. The van der Waals surface area contributed by atoms with Gasteiger partial charge in [0.2, 0.25) is 0 Å². The second-order valence-electron chi connectivity index (χ2n) is 3.07. The molecule has 1 unspecified atom stereocenters. The van der Waals surface area contributed by atoms with Crippen LogP contribution in [0.4, 0.5) is 13.2 Å². The smallest absolute Gasteiger partial charge is 0.260 e. The minimum absolute atomic E-state index is 0.177. The maximum absolute atomic E-state index is 12.3. The zero-order valence-corrected chi connectivity index (χ0v) is 8.52. The molecule has 0 bridgehead atoms. The lowest BCUT2D eigenvalue weighted by molar-refractivity contribution is -0.165. The summed E-state index contributed by atoms with van der Waals surface area (Å²) in [6.07, 6.45) is -2.94. The second kappa shape index (κ2) is 3.81. The van der Waals surface area contributed by atoms with Crippen molar-refractivity contribution < 1.29 is 13.2 Å². The summed E-state index contributed by atoms with van der Waals surface area (Å²) >= 11 is 5.53. The van der Waals surface area contributed by atoms with E-state index in [4.69, 9.17) is 11.6 Å². The molecule has 0 amide bonds. The predicted octanol–water partition coefficient (Wildman–Crippen LogP) is 3.05. The number of rotatable bonds is 2. The van der Waals surface area contributed by atoms with Crippen molar-refractivity contribution in [3.05, 3.63) is 17.5 Å². The number of halogens is 4. The molecule has 14 heavy (non-hydrogen) atoms. The average Bonchev–Trinajstić information content (AvgIpc) is 2.43. The number of alkyl halides is 4. The van der Waals surface area contributed by atoms with Crippen LogP contribution in [0.15, 0.2) is 6.20 Å². The van der Waals surface area contributed by atoms with Crippen LogP contribution in [0.1, 0.15) is 24.2 Å². The molecule has 1 rings (SSSR count). The number of nitrogens with zero attached hydrogens (tertiary/aromatic N) is 2. The van der Waals surface area contributed by atoms with Crippen molar-refractivity contribution in [2.24, 2.45) is 0 Å². The molecule has 0 radical (unpaired) electrons. The van der Waals surface area contributed by atoms with Crippen LogP contribution in [-0.4, -0.2) is 16.0 Å². The minimum atomic E-state index is -4.28. The molecule has 1 aromatic heterocycles. The fourth-order valence-electron chi connectivity index (χ4n) is 0.999. The van der Waals surface area contributed by atoms with Crippen molar-refractivity contribution >= 4 is 11.6 Å². The van der Waals surface area contributed by atoms with E-state index in [-0.39, 0.29) is 5.88 Å². The Bertz CT molecular complexity index is 319. The normalized spacial score (nSPS) is 14.4. The van der Waals surface area contributed by atoms with Gasteiger partial charge in [0.1, 0.15) is 6.04 Å². The van der Waals surface area contributed by atoms with Crippen LogP contribution in [0.25, 0.3) is 0 Å². The lowest BCUT2D eigenvalue weighted by atomic mass is 10.3. The third-order valence-corrected chi connectivity index (χ3v) is 2.32. The van der Waals surface area contributed by atoms with E-state index in [1.54, 1.807) is 6.92 Å². The SMILES string of the molecule is Cc1nn(C(C)C(F)(F)F)cc1CCl. The molecule has 0 aliphatic heterocycles. The summed E-state index contributed by atoms with van der Waals surface area (Å²) in [4.78, 5) is 0. The zero-order chi connectivity index (χ0) is 10.9. The van der Waals surface area contributed by atoms with E-state index in [1.165, 1.54) is 6.20 Å². The number of aromatic nitrogens is 2. The Morgan fingerprint density at radius 1 is 1.57 bits per heavy atom. The van der Waals surface area contributed by atoms with Gasteiger partial charge in [-0.15, -0.1) is 11.6 Å². The first-order valence-corrected chi connectivity index (χ1v) is 4.57. The van der Waals surface area contributed by atoms with Crippen LogP contribution in [0, 0.1) is 6.92 Å². The third kappa shape index (κ3) is 2.20. The van der Waals surface area contributed by atoms with E-state index in [0.717, 1.165) is 11.6 Å². The molecule has 80 valence electrons. The van der Waals surface area contributed by atoms with Crippen molar-refractivity contribution in [3.8, 4) is 0 Å². The van der Waals surface area contributed by atoms with E-state index in [9.17, 15) is 13.2 Å². The predicted molar refractivity (Wildman–Crippen MR) is 47.3 cm³/mol. The Morgan fingerprint density at radius 2 is 2.14 bits per heavy atom. The molecular formula is C8H10ClF3N2.